The van der Waals surface area contributed by atoms with Crippen LogP contribution in [0.1, 0.15) is 59.3 Å². The van der Waals surface area contributed by atoms with E-state index >= 15 is 0 Å². The topological polar surface area (TPSA) is 37.4 Å². The first kappa shape index (κ1) is 14.3. The molecule has 2 aliphatic carbocycles. The van der Waals surface area contributed by atoms with Crippen LogP contribution in [0.15, 0.2) is 0 Å². The number of nitrogens with zero attached hydrogens (tertiary/aromatic N) is 1. The van der Waals surface area contributed by atoms with E-state index in [0.29, 0.717) is 5.41 Å². The van der Waals surface area contributed by atoms with Gasteiger partial charge in [0.25, 0.3) is 0 Å². The summed E-state index contributed by atoms with van der Waals surface area (Å²) < 4.78 is 26.1. The summed E-state index contributed by atoms with van der Waals surface area (Å²) in [6, 6.07) is 0.245. The first-order valence-electron chi connectivity index (χ1n) is 7.20. The molecule has 0 amide bonds. The van der Waals surface area contributed by atoms with Crippen molar-refractivity contribution in [1.82, 2.24) is 4.31 Å². The molecule has 4 heteroatoms. The highest BCUT2D eigenvalue weighted by Crippen LogP contribution is 2.40. The predicted molar refractivity (Wildman–Crippen MR) is 74.9 cm³/mol. The van der Waals surface area contributed by atoms with Gasteiger partial charge < -0.3 is 0 Å². The van der Waals surface area contributed by atoms with Gasteiger partial charge in [-0.05, 0) is 49.9 Å². The van der Waals surface area contributed by atoms with Crippen molar-refractivity contribution in [2.45, 2.75) is 70.6 Å². The molecule has 0 bridgehead atoms. The molecule has 0 radical (unpaired) electrons. The quantitative estimate of drug-likeness (QED) is 0.792. The first-order valence-corrected chi connectivity index (χ1v) is 8.70. The van der Waals surface area contributed by atoms with Gasteiger partial charge in [-0.25, -0.2) is 12.7 Å². The van der Waals surface area contributed by atoms with Gasteiger partial charge in [0.05, 0.1) is 5.25 Å². The summed E-state index contributed by atoms with van der Waals surface area (Å²) in [5.41, 5.74) is 0.360. The summed E-state index contributed by atoms with van der Waals surface area (Å²) in [6.07, 6.45) is 6.13. The van der Waals surface area contributed by atoms with Crippen molar-refractivity contribution in [3.8, 4) is 0 Å². The van der Waals surface area contributed by atoms with Crippen molar-refractivity contribution in [2.24, 2.45) is 11.3 Å². The molecule has 0 aromatic heterocycles. The lowest BCUT2D eigenvalue weighted by atomic mass is 9.71. The highest BCUT2D eigenvalue weighted by molar-refractivity contribution is 7.90. The van der Waals surface area contributed by atoms with Gasteiger partial charge >= 0.3 is 0 Å². The summed E-state index contributed by atoms with van der Waals surface area (Å²) in [5.74, 6) is 0.741. The van der Waals surface area contributed by atoms with E-state index < -0.39 is 10.0 Å². The fourth-order valence-electron chi connectivity index (χ4n) is 3.11. The molecule has 2 rings (SSSR count). The van der Waals surface area contributed by atoms with E-state index in [1.807, 2.05) is 0 Å². The Bertz CT molecular complexity index is 385. The Kier molecular flexibility index (Phi) is 3.81. The molecule has 2 aliphatic rings. The molecule has 0 heterocycles. The molecule has 0 unspecified atom stereocenters. The van der Waals surface area contributed by atoms with E-state index in [2.05, 4.69) is 20.8 Å². The second-order valence-corrected chi connectivity index (χ2v) is 9.40. The Balaban J connectivity index is 1.94. The van der Waals surface area contributed by atoms with Crippen LogP contribution in [0.2, 0.25) is 0 Å². The fraction of sp³-hybridized carbons (Fsp3) is 1.00. The van der Waals surface area contributed by atoms with Gasteiger partial charge in [0, 0.05) is 13.1 Å². The van der Waals surface area contributed by atoms with Gasteiger partial charge in [0.1, 0.15) is 0 Å². The van der Waals surface area contributed by atoms with Gasteiger partial charge in [-0.3, -0.25) is 0 Å². The van der Waals surface area contributed by atoms with Crippen LogP contribution in [-0.2, 0) is 10.0 Å². The van der Waals surface area contributed by atoms with Gasteiger partial charge in [-0.2, -0.15) is 0 Å². The molecule has 106 valence electrons. The zero-order valence-electron chi connectivity index (χ0n) is 12.1. The van der Waals surface area contributed by atoms with E-state index in [1.54, 1.807) is 11.4 Å². The number of rotatable bonds is 3. The third kappa shape index (κ3) is 2.90. The van der Waals surface area contributed by atoms with Crippen LogP contribution < -0.4 is 0 Å². The minimum Gasteiger partial charge on any atom is -0.212 e. The van der Waals surface area contributed by atoms with Crippen LogP contribution in [0.3, 0.4) is 0 Å². The Morgan fingerprint density at radius 2 is 1.44 bits per heavy atom. The minimum absolute atomic E-state index is 0.0668. The lowest BCUT2D eigenvalue weighted by Crippen LogP contribution is -2.42. The molecule has 18 heavy (non-hydrogen) atoms. The number of hydrogen-bond donors (Lipinski definition) is 0. The van der Waals surface area contributed by atoms with Gasteiger partial charge in [0.2, 0.25) is 10.0 Å². The molecule has 2 fully saturated rings. The lowest BCUT2D eigenvalue weighted by Gasteiger charge is -2.39. The average molecular weight is 273 g/mol. The van der Waals surface area contributed by atoms with Crippen molar-refractivity contribution in [2.75, 3.05) is 7.05 Å². The standard InChI is InChI=1S/C14H27NO2S/c1-14(2,3)11-5-7-12(8-6-11)15(4)18(16,17)13-9-10-13/h11-13H,5-10H2,1-4H3/t11-,12-. The van der Waals surface area contributed by atoms with Crippen LogP contribution in [0.4, 0.5) is 0 Å². The van der Waals surface area contributed by atoms with E-state index in [9.17, 15) is 8.42 Å². The van der Waals surface area contributed by atoms with Gasteiger partial charge in [-0.1, -0.05) is 20.8 Å². The average Bonchev–Trinajstić information content (AvgIpc) is 3.11. The highest BCUT2D eigenvalue weighted by Gasteiger charge is 2.42. The second kappa shape index (κ2) is 4.78. The number of hydrogen-bond acceptors (Lipinski definition) is 2. The van der Waals surface area contributed by atoms with Crippen LogP contribution in [0.25, 0.3) is 0 Å². The van der Waals surface area contributed by atoms with Crippen LogP contribution in [0, 0.1) is 11.3 Å². The largest absolute Gasteiger partial charge is 0.216 e. The molecular weight excluding hydrogens is 246 g/mol. The molecule has 2 saturated carbocycles. The van der Waals surface area contributed by atoms with Crippen molar-refractivity contribution in [3.63, 3.8) is 0 Å². The van der Waals surface area contributed by atoms with Gasteiger partial charge in [-0.15, -0.1) is 0 Å². The normalized spacial score (nSPS) is 30.7. The minimum atomic E-state index is -2.99. The molecule has 0 saturated heterocycles. The molecule has 3 nitrogen and oxygen atoms in total. The van der Waals surface area contributed by atoms with Crippen LogP contribution >= 0.6 is 0 Å². The highest BCUT2D eigenvalue weighted by atomic mass is 32.2. The van der Waals surface area contributed by atoms with E-state index in [1.165, 1.54) is 12.8 Å². The summed E-state index contributed by atoms with van der Waals surface area (Å²) in [6.45, 7) is 6.88. The number of sulfonamides is 1. The predicted octanol–water partition coefficient (Wildman–Crippen LogP) is 3.02. The maximum Gasteiger partial charge on any atom is 0.216 e. The summed E-state index contributed by atoms with van der Waals surface area (Å²) in [5, 5.41) is -0.0668. The van der Waals surface area contributed by atoms with Crippen molar-refractivity contribution in [1.29, 1.82) is 0 Å². The second-order valence-electron chi connectivity index (χ2n) is 7.13. The van der Waals surface area contributed by atoms with Crippen molar-refractivity contribution < 1.29 is 8.42 Å². The third-order valence-corrected chi connectivity index (χ3v) is 7.20. The Morgan fingerprint density at radius 3 is 1.83 bits per heavy atom. The van der Waals surface area contributed by atoms with Crippen LogP contribution in [0.5, 0.6) is 0 Å². The molecule has 0 aliphatic heterocycles. The molecule has 0 aromatic rings. The monoisotopic (exact) mass is 273 g/mol. The molecule has 0 spiro atoms. The zero-order chi connectivity index (χ0) is 13.6. The first-order chi connectivity index (χ1) is 8.23. The SMILES string of the molecule is CN([C@H]1CC[C@H](C(C)(C)C)CC1)S(=O)(=O)C1CC1. The van der Waals surface area contributed by atoms with Crippen molar-refractivity contribution >= 4 is 10.0 Å². The molecule has 0 aromatic carbocycles. The summed E-state index contributed by atoms with van der Waals surface area (Å²) in [7, 11) is -1.20. The maximum atomic E-state index is 12.2. The zero-order valence-corrected chi connectivity index (χ0v) is 13.0. The fourth-order valence-corrected chi connectivity index (χ4v) is 4.94. The summed E-state index contributed by atoms with van der Waals surface area (Å²) in [4.78, 5) is 0. The van der Waals surface area contributed by atoms with Crippen LogP contribution in [-0.4, -0.2) is 31.1 Å². The Morgan fingerprint density at radius 1 is 0.944 bits per heavy atom. The van der Waals surface area contributed by atoms with Crippen molar-refractivity contribution in [3.05, 3.63) is 0 Å². The Hall–Kier alpha value is -0.0900. The smallest absolute Gasteiger partial charge is 0.212 e. The van der Waals surface area contributed by atoms with E-state index in [-0.39, 0.29) is 11.3 Å². The molecular formula is C14H27NO2S. The summed E-state index contributed by atoms with van der Waals surface area (Å²) >= 11 is 0. The van der Waals surface area contributed by atoms with E-state index in [0.717, 1.165) is 31.6 Å². The third-order valence-electron chi connectivity index (χ3n) is 4.78. The lowest BCUT2D eigenvalue weighted by molar-refractivity contribution is 0.142. The Labute approximate surface area is 112 Å². The van der Waals surface area contributed by atoms with Gasteiger partial charge in [0.15, 0.2) is 0 Å². The van der Waals surface area contributed by atoms with E-state index in [4.69, 9.17) is 0 Å². The molecule has 0 atom stereocenters. The maximum absolute atomic E-state index is 12.2. The molecule has 0 N–H and O–H groups in total.